The maximum absolute atomic E-state index is 13.7. The molecule has 1 N–H and O–H groups in total. The molecule has 1 aliphatic heterocycles. The summed E-state index contributed by atoms with van der Waals surface area (Å²) in [6.45, 7) is 0.265. The molecule has 162 valence electrons. The van der Waals surface area contributed by atoms with E-state index in [1.54, 1.807) is 48.2 Å². The summed E-state index contributed by atoms with van der Waals surface area (Å²) in [5.41, 5.74) is 1.54. The van der Waals surface area contributed by atoms with Crippen LogP contribution in [0.15, 0.2) is 59.4 Å². The van der Waals surface area contributed by atoms with Crippen molar-refractivity contribution in [3.63, 3.8) is 0 Å². The fourth-order valence-corrected chi connectivity index (χ4v) is 4.42. The second-order valence-electron chi connectivity index (χ2n) is 7.23. The highest BCUT2D eigenvalue weighted by atomic mass is 32.1. The number of terminal acetylenes is 1. The molecule has 1 fully saturated rings. The Kier molecular flexibility index (Phi) is 5.84. The zero-order valence-electron chi connectivity index (χ0n) is 17.6. The van der Waals surface area contributed by atoms with Crippen LogP contribution in [-0.4, -0.2) is 43.1 Å². The van der Waals surface area contributed by atoms with E-state index in [4.69, 9.17) is 15.9 Å². The Morgan fingerprint density at radius 2 is 1.91 bits per heavy atom. The molecular weight excluding hydrogens is 426 g/mol. The van der Waals surface area contributed by atoms with Crippen molar-refractivity contribution in [3.8, 4) is 23.8 Å². The molecule has 32 heavy (non-hydrogen) atoms. The van der Waals surface area contributed by atoms with Crippen molar-refractivity contribution in [1.29, 1.82) is 0 Å². The van der Waals surface area contributed by atoms with Crippen LogP contribution in [0.2, 0.25) is 0 Å². The lowest BCUT2D eigenvalue weighted by Gasteiger charge is -2.29. The molecule has 2 aromatic carbocycles. The van der Waals surface area contributed by atoms with Crippen molar-refractivity contribution in [2.75, 3.05) is 25.7 Å². The number of hydrogen-bond donors (Lipinski definition) is 1. The minimum Gasteiger partial charge on any atom is -0.497 e. The summed E-state index contributed by atoms with van der Waals surface area (Å²) in [5, 5.41) is 4.42. The van der Waals surface area contributed by atoms with Crippen molar-refractivity contribution in [3.05, 3.63) is 70.7 Å². The van der Waals surface area contributed by atoms with Gasteiger partial charge >= 0.3 is 0 Å². The van der Waals surface area contributed by atoms with Gasteiger partial charge in [-0.2, -0.15) is 0 Å². The third-order valence-corrected chi connectivity index (χ3v) is 6.10. The third-order valence-electron chi connectivity index (χ3n) is 5.52. The van der Waals surface area contributed by atoms with Crippen molar-refractivity contribution in [2.45, 2.75) is 11.5 Å². The molecule has 1 aromatic heterocycles. The maximum Gasteiger partial charge on any atom is 0.272 e. The molecule has 0 saturated carbocycles. The smallest absolute Gasteiger partial charge is 0.272 e. The second kappa shape index (κ2) is 8.73. The van der Waals surface area contributed by atoms with Gasteiger partial charge in [0.05, 0.1) is 19.7 Å². The number of hydrogen-bond acceptors (Lipinski definition) is 6. The summed E-state index contributed by atoms with van der Waals surface area (Å²) in [5.74, 6) is 2.27. The second-order valence-corrected chi connectivity index (χ2v) is 7.95. The van der Waals surface area contributed by atoms with Gasteiger partial charge in [0, 0.05) is 29.6 Å². The van der Waals surface area contributed by atoms with Gasteiger partial charge in [0.2, 0.25) is 0 Å². The number of rotatable bonds is 6. The standard InChI is InChI=1S/C24H21N3O4S/c1-4-24(26-22(28)21-14-32-15-25-21)20(16-10-18(30-2)12-19(11-16)31-3)13-27(23(24)29)17-8-6-5-7-9-17/h1,5-12,14-15,20H,13H2,2-3H3,(H,26,28). The van der Waals surface area contributed by atoms with Crippen LogP contribution in [0.4, 0.5) is 5.69 Å². The molecule has 2 atom stereocenters. The number of ether oxygens (including phenoxy) is 2. The summed E-state index contributed by atoms with van der Waals surface area (Å²) in [6.07, 6.45) is 5.98. The Bertz CT molecular complexity index is 1150. The number of carbonyl (C=O) groups is 2. The molecule has 1 aliphatic rings. The van der Waals surface area contributed by atoms with E-state index in [2.05, 4.69) is 16.2 Å². The average Bonchev–Trinajstić information content (AvgIpc) is 3.47. The topological polar surface area (TPSA) is 80.8 Å². The maximum atomic E-state index is 13.7. The van der Waals surface area contributed by atoms with Crippen LogP contribution in [0.5, 0.6) is 11.5 Å². The van der Waals surface area contributed by atoms with Crippen LogP contribution in [-0.2, 0) is 4.79 Å². The molecule has 0 bridgehead atoms. The van der Waals surface area contributed by atoms with E-state index in [-0.39, 0.29) is 18.1 Å². The van der Waals surface area contributed by atoms with Crippen molar-refractivity contribution in [2.24, 2.45) is 0 Å². The molecule has 4 rings (SSSR count). The summed E-state index contributed by atoms with van der Waals surface area (Å²) < 4.78 is 10.8. The fraction of sp³-hybridized carbons (Fsp3) is 0.208. The molecule has 7 nitrogen and oxygen atoms in total. The highest BCUT2D eigenvalue weighted by Gasteiger charge is 2.55. The van der Waals surface area contributed by atoms with Crippen LogP contribution in [0, 0.1) is 12.3 Å². The number of anilines is 1. The molecule has 0 aliphatic carbocycles. The number of benzene rings is 2. The van der Waals surface area contributed by atoms with E-state index in [0.717, 1.165) is 0 Å². The SMILES string of the molecule is C#CC1(NC(=O)c2cscn2)C(=O)N(c2ccccc2)CC1c1cc(OC)cc(OC)c1. The van der Waals surface area contributed by atoms with Crippen LogP contribution in [0.3, 0.4) is 0 Å². The molecule has 0 spiro atoms. The molecule has 0 radical (unpaired) electrons. The largest absolute Gasteiger partial charge is 0.497 e. The van der Waals surface area contributed by atoms with Gasteiger partial charge in [-0.25, -0.2) is 4.98 Å². The lowest BCUT2D eigenvalue weighted by atomic mass is 9.81. The normalized spacial score (nSPS) is 20.0. The predicted molar refractivity (Wildman–Crippen MR) is 122 cm³/mol. The van der Waals surface area contributed by atoms with Crippen molar-refractivity contribution >= 4 is 28.8 Å². The Balaban J connectivity index is 1.83. The zero-order valence-corrected chi connectivity index (χ0v) is 18.4. The number of methoxy groups -OCH3 is 2. The van der Waals surface area contributed by atoms with E-state index in [9.17, 15) is 9.59 Å². The van der Waals surface area contributed by atoms with Gasteiger partial charge in [-0.3, -0.25) is 9.59 Å². The van der Waals surface area contributed by atoms with Gasteiger partial charge in [0.15, 0.2) is 5.54 Å². The Hall–Kier alpha value is -3.83. The highest BCUT2D eigenvalue weighted by molar-refractivity contribution is 7.07. The van der Waals surface area contributed by atoms with E-state index in [1.165, 1.54) is 11.3 Å². The van der Waals surface area contributed by atoms with Crippen molar-refractivity contribution in [1.82, 2.24) is 10.3 Å². The summed E-state index contributed by atoms with van der Waals surface area (Å²) in [7, 11) is 3.10. The minimum absolute atomic E-state index is 0.206. The fourth-order valence-electron chi connectivity index (χ4n) is 3.89. The van der Waals surface area contributed by atoms with Crippen LogP contribution < -0.4 is 19.7 Å². The molecule has 2 heterocycles. The predicted octanol–water partition coefficient (Wildman–Crippen LogP) is 3.09. The van der Waals surface area contributed by atoms with Gasteiger partial charge < -0.3 is 19.7 Å². The van der Waals surface area contributed by atoms with Crippen LogP contribution in [0.25, 0.3) is 0 Å². The number of aromatic nitrogens is 1. The van der Waals surface area contributed by atoms with E-state index in [0.29, 0.717) is 22.7 Å². The first kappa shape index (κ1) is 21.4. The number of amides is 2. The first-order chi connectivity index (χ1) is 15.5. The average molecular weight is 448 g/mol. The van der Waals surface area contributed by atoms with Crippen LogP contribution in [0.1, 0.15) is 22.0 Å². The summed E-state index contributed by atoms with van der Waals surface area (Å²) in [6, 6.07) is 14.6. The first-order valence-electron chi connectivity index (χ1n) is 9.81. The molecular formula is C24H21N3O4S. The molecule has 1 saturated heterocycles. The first-order valence-corrected chi connectivity index (χ1v) is 10.7. The van der Waals surface area contributed by atoms with Gasteiger partial charge in [-0.05, 0) is 29.8 Å². The van der Waals surface area contributed by atoms with E-state index >= 15 is 0 Å². The molecule has 2 unspecified atom stereocenters. The van der Waals surface area contributed by atoms with Gasteiger partial charge in [0.25, 0.3) is 11.8 Å². The monoisotopic (exact) mass is 447 g/mol. The minimum atomic E-state index is -1.62. The number of thiazole rings is 1. The van der Waals surface area contributed by atoms with Gasteiger partial charge in [-0.15, -0.1) is 17.8 Å². The number of nitrogens with zero attached hydrogens (tertiary/aromatic N) is 2. The third kappa shape index (κ3) is 3.67. The molecule has 2 amide bonds. The van der Waals surface area contributed by atoms with Gasteiger partial charge in [-0.1, -0.05) is 24.1 Å². The van der Waals surface area contributed by atoms with E-state index in [1.807, 2.05) is 30.3 Å². The zero-order chi connectivity index (χ0) is 22.7. The summed E-state index contributed by atoms with van der Waals surface area (Å²) in [4.78, 5) is 32.3. The number of nitrogens with one attached hydrogen (secondary N) is 1. The van der Waals surface area contributed by atoms with Crippen molar-refractivity contribution < 1.29 is 19.1 Å². The summed E-state index contributed by atoms with van der Waals surface area (Å²) >= 11 is 1.29. The van der Waals surface area contributed by atoms with E-state index < -0.39 is 17.4 Å². The quantitative estimate of drug-likeness (QED) is 0.588. The Morgan fingerprint density at radius 3 is 2.47 bits per heavy atom. The molecule has 3 aromatic rings. The van der Waals surface area contributed by atoms with Gasteiger partial charge in [0.1, 0.15) is 17.2 Å². The lowest BCUT2D eigenvalue weighted by Crippen LogP contribution is -2.56. The number of carbonyl (C=O) groups excluding carboxylic acids is 2. The van der Waals surface area contributed by atoms with Crippen LogP contribution >= 0.6 is 11.3 Å². The Labute approximate surface area is 190 Å². The lowest BCUT2D eigenvalue weighted by molar-refractivity contribution is -0.120. The molecule has 8 heteroatoms. The number of para-hydroxylation sites is 1. The highest BCUT2D eigenvalue weighted by Crippen LogP contribution is 2.41. The Morgan fingerprint density at radius 1 is 1.22 bits per heavy atom.